The molecule has 0 saturated carbocycles. The Morgan fingerprint density at radius 1 is 1.00 bits per heavy atom. The van der Waals surface area contributed by atoms with Crippen molar-refractivity contribution in [2.45, 2.75) is 20.3 Å². The number of rotatable bonds is 1. The molecule has 0 aliphatic heterocycles. The first-order valence-corrected chi connectivity index (χ1v) is 6.68. The van der Waals surface area contributed by atoms with E-state index in [0.29, 0.717) is 28.7 Å². The summed E-state index contributed by atoms with van der Waals surface area (Å²) in [6.45, 7) is 7.76. The Morgan fingerprint density at radius 2 is 1.57 bits per heavy atom. The molecular weight excluding hydrogens is 268 g/mol. The van der Waals surface area contributed by atoms with Gasteiger partial charge >= 0.3 is 0 Å². The molecule has 2 aromatic rings. The molecule has 3 rings (SSSR count). The van der Waals surface area contributed by atoms with Crippen LogP contribution in [0, 0.1) is 6.92 Å². The van der Waals surface area contributed by atoms with Gasteiger partial charge < -0.3 is 9.97 Å². The van der Waals surface area contributed by atoms with Gasteiger partial charge in [-0.25, -0.2) is 0 Å². The number of carbonyl (C=O) groups is 1. The largest absolute Gasteiger partial charge is 0.319 e. The molecule has 0 saturated heterocycles. The minimum atomic E-state index is -0.374. The summed E-state index contributed by atoms with van der Waals surface area (Å²) in [6, 6.07) is 2.93. The van der Waals surface area contributed by atoms with Crippen LogP contribution in [0.2, 0.25) is 0 Å². The predicted octanol–water partition coefficient (Wildman–Crippen LogP) is 1.54. The summed E-state index contributed by atoms with van der Waals surface area (Å²) in [4.78, 5) is 41.0. The van der Waals surface area contributed by atoms with E-state index in [-0.39, 0.29) is 28.3 Å². The van der Waals surface area contributed by atoms with Crippen molar-refractivity contribution in [2.75, 3.05) is 0 Å². The lowest BCUT2D eigenvalue weighted by Crippen LogP contribution is -2.27. The van der Waals surface area contributed by atoms with E-state index >= 15 is 0 Å². The normalized spacial score (nSPS) is 13.0. The van der Waals surface area contributed by atoms with E-state index in [2.05, 4.69) is 16.5 Å². The molecule has 0 radical (unpaired) electrons. The summed E-state index contributed by atoms with van der Waals surface area (Å²) in [5.41, 5.74) is 3.18. The number of hydrogen-bond donors (Lipinski definition) is 2. The molecule has 1 aliphatic rings. The quantitative estimate of drug-likeness (QED) is 0.710. The van der Waals surface area contributed by atoms with Gasteiger partial charge in [-0.15, -0.1) is 0 Å². The zero-order chi connectivity index (χ0) is 15.3. The molecular formula is C16H14N2O3. The molecule has 2 heterocycles. The van der Waals surface area contributed by atoms with Crippen molar-refractivity contribution in [3.63, 3.8) is 0 Å². The van der Waals surface area contributed by atoms with Crippen LogP contribution in [0.5, 0.6) is 0 Å². The molecule has 106 valence electrons. The third-order valence-corrected chi connectivity index (χ3v) is 3.80. The minimum Gasteiger partial charge on any atom is -0.319 e. The third-order valence-electron chi connectivity index (χ3n) is 3.80. The van der Waals surface area contributed by atoms with Crippen molar-refractivity contribution >= 4 is 11.4 Å². The van der Waals surface area contributed by atoms with E-state index in [1.54, 1.807) is 6.92 Å². The molecule has 5 nitrogen and oxygen atoms in total. The molecule has 5 heteroatoms. The molecule has 0 unspecified atom stereocenters. The number of aromatic amines is 2. The van der Waals surface area contributed by atoms with Gasteiger partial charge in [-0.05, 0) is 30.0 Å². The molecule has 0 bridgehead atoms. The fraction of sp³-hybridized carbons (Fsp3) is 0.188. The number of fused-ring (bicyclic) bond motifs is 2. The second kappa shape index (κ2) is 4.41. The van der Waals surface area contributed by atoms with Crippen LogP contribution >= 0.6 is 0 Å². The predicted molar refractivity (Wildman–Crippen MR) is 79.8 cm³/mol. The number of nitrogens with one attached hydrogen (secondary N) is 2. The first-order valence-electron chi connectivity index (χ1n) is 6.68. The highest BCUT2D eigenvalue weighted by Gasteiger charge is 2.30. The summed E-state index contributed by atoms with van der Waals surface area (Å²) in [5, 5.41) is 0. The zero-order valence-electron chi connectivity index (χ0n) is 11.8. The number of H-pyrrole nitrogens is 2. The van der Waals surface area contributed by atoms with E-state index in [0.717, 1.165) is 5.56 Å². The fourth-order valence-electron chi connectivity index (χ4n) is 2.90. The molecule has 2 aromatic heterocycles. The Balaban J connectivity index is 2.44. The first kappa shape index (κ1) is 13.3. The van der Waals surface area contributed by atoms with Crippen LogP contribution in [0.1, 0.15) is 45.4 Å². The Hall–Kier alpha value is -2.69. The molecule has 0 amide bonds. The van der Waals surface area contributed by atoms with Gasteiger partial charge in [-0.3, -0.25) is 14.4 Å². The second-order valence-corrected chi connectivity index (χ2v) is 5.14. The van der Waals surface area contributed by atoms with Crippen molar-refractivity contribution in [2.24, 2.45) is 0 Å². The van der Waals surface area contributed by atoms with Gasteiger partial charge in [0, 0.05) is 23.3 Å². The maximum absolute atomic E-state index is 12.6. The van der Waals surface area contributed by atoms with Crippen LogP contribution in [0.25, 0.3) is 5.57 Å². The first-order chi connectivity index (χ1) is 9.93. The summed E-state index contributed by atoms with van der Waals surface area (Å²) in [5.74, 6) is -0.374. The molecule has 0 spiro atoms. The molecule has 2 N–H and O–H groups in total. The van der Waals surface area contributed by atoms with Crippen LogP contribution in [-0.2, 0) is 6.42 Å². The zero-order valence-corrected chi connectivity index (χ0v) is 11.8. The van der Waals surface area contributed by atoms with Crippen molar-refractivity contribution in [3.8, 4) is 0 Å². The molecule has 0 atom stereocenters. The van der Waals surface area contributed by atoms with Gasteiger partial charge in [0.25, 0.3) is 0 Å². The summed E-state index contributed by atoms with van der Waals surface area (Å²) >= 11 is 0. The fourth-order valence-corrected chi connectivity index (χ4v) is 2.90. The highest BCUT2D eigenvalue weighted by Crippen LogP contribution is 2.35. The second-order valence-electron chi connectivity index (χ2n) is 5.14. The smallest absolute Gasteiger partial charge is 0.248 e. The minimum absolute atomic E-state index is 0.196. The molecule has 0 aromatic carbocycles. The third kappa shape index (κ3) is 1.81. The Morgan fingerprint density at radius 3 is 2.19 bits per heavy atom. The maximum atomic E-state index is 12.6. The van der Waals surface area contributed by atoms with E-state index in [9.17, 15) is 14.4 Å². The average molecular weight is 282 g/mol. The summed E-state index contributed by atoms with van der Waals surface area (Å²) in [7, 11) is 0. The number of ketones is 1. The lowest BCUT2D eigenvalue weighted by atomic mass is 9.82. The standard InChI is InChI=1S/C16H14N2O3/c1-4-9-6-11(20)18-15-13(9)8(3)12-7(2)5-10(19)17-14(12)16(15)21/h5-6H,3-4H2,1-2H3,(H,17,19)(H,18,20). The van der Waals surface area contributed by atoms with Crippen LogP contribution in [0.4, 0.5) is 0 Å². The number of hydrogen-bond acceptors (Lipinski definition) is 3. The van der Waals surface area contributed by atoms with Gasteiger partial charge in [-0.2, -0.15) is 0 Å². The highest BCUT2D eigenvalue weighted by atomic mass is 16.1. The van der Waals surface area contributed by atoms with E-state index in [1.165, 1.54) is 12.1 Å². The van der Waals surface area contributed by atoms with Crippen LogP contribution in [0.3, 0.4) is 0 Å². The molecule has 0 fully saturated rings. The Labute approximate surface area is 120 Å². The van der Waals surface area contributed by atoms with Gasteiger partial charge in [0.15, 0.2) is 0 Å². The number of aromatic nitrogens is 2. The monoisotopic (exact) mass is 282 g/mol. The van der Waals surface area contributed by atoms with Crippen molar-refractivity contribution in [1.29, 1.82) is 0 Å². The van der Waals surface area contributed by atoms with Crippen molar-refractivity contribution < 1.29 is 4.79 Å². The lowest BCUT2D eigenvalue weighted by molar-refractivity contribution is 0.102. The number of carbonyl (C=O) groups excluding carboxylic acids is 1. The maximum Gasteiger partial charge on any atom is 0.248 e. The average Bonchev–Trinajstić information content (AvgIpc) is 2.42. The Kier molecular flexibility index (Phi) is 2.79. The molecule has 21 heavy (non-hydrogen) atoms. The van der Waals surface area contributed by atoms with Gasteiger partial charge in [0.05, 0.1) is 11.4 Å². The van der Waals surface area contributed by atoms with Crippen LogP contribution in [-0.4, -0.2) is 15.8 Å². The van der Waals surface area contributed by atoms with Crippen LogP contribution < -0.4 is 11.1 Å². The van der Waals surface area contributed by atoms with Crippen molar-refractivity contribution in [3.05, 3.63) is 73.1 Å². The number of aryl methyl sites for hydroxylation is 2. The van der Waals surface area contributed by atoms with Crippen molar-refractivity contribution in [1.82, 2.24) is 9.97 Å². The number of pyridine rings is 2. The highest BCUT2D eigenvalue weighted by molar-refractivity contribution is 6.17. The van der Waals surface area contributed by atoms with E-state index in [1.807, 2.05) is 6.92 Å². The van der Waals surface area contributed by atoms with E-state index < -0.39 is 0 Å². The lowest BCUT2D eigenvalue weighted by Gasteiger charge is -2.23. The summed E-state index contributed by atoms with van der Waals surface area (Å²) in [6.07, 6.45) is 0.621. The van der Waals surface area contributed by atoms with Gasteiger partial charge in [-0.1, -0.05) is 13.5 Å². The van der Waals surface area contributed by atoms with E-state index in [4.69, 9.17) is 0 Å². The Bertz CT molecular complexity index is 916. The SMILES string of the molecule is C=C1c2c(C)cc(=O)[nH]c2C(=O)c2[nH]c(=O)cc(CC)c21. The summed E-state index contributed by atoms with van der Waals surface area (Å²) < 4.78 is 0. The van der Waals surface area contributed by atoms with Crippen LogP contribution in [0.15, 0.2) is 28.3 Å². The van der Waals surface area contributed by atoms with Gasteiger partial charge in [0.2, 0.25) is 16.9 Å². The topological polar surface area (TPSA) is 82.8 Å². The molecule has 1 aliphatic carbocycles. The van der Waals surface area contributed by atoms with Gasteiger partial charge in [0.1, 0.15) is 0 Å².